The number of alkyl halides is 3. The molecule has 4 aromatic rings. The molecule has 2 aliphatic rings. The predicted molar refractivity (Wildman–Crippen MR) is 199 cm³/mol. The van der Waals surface area contributed by atoms with E-state index in [0.29, 0.717) is 58.8 Å². The lowest BCUT2D eigenvalue weighted by atomic mass is 9.93. The molecule has 1 fully saturated rings. The SMILES string of the molecule is COc1cc(-c2cccc(-c3cccc4c3CC[C@@H]4Nc3nc(OC)c(CN(C)CCC(=O)O)nc3C(F)(F)F)c2Cl)cc(F)c1CNC[C@@H]1CCC(=O)N1. The molecule has 6 rings (SSSR count). The second-order valence-electron chi connectivity index (χ2n) is 13.6. The van der Waals surface area contributed by atoms with Gasteiger partial charge in [0.2, 0.25) is 11.8 Å². The van der Waals surface area contributed by atoms with Crippen molar-refractivity contribution in [2.24, 2.45) is 0 Å². The van der Waals surface area contributed by atoms with Crippen LogP contribution in [0.5, 0.6) is 11.6 Å². The molecule has 1 aliphatic carbocycles. The van der Waals surface area contributed by atoms with E-state index in [4.69, 9.17) is 26.2 Å². The van der Waals surface area contributed by atoms with Gasteiger partial charge < -0.3 is 30.5 Å². The van der Waals surface area contributed by atoms with E-state index in [1.165, 1.54) is 25.2 Å². The molecule has 16 heteroatoms. The van der Waals surface area contributed by atoms with E-state index in [1.807, 2.05) is 30.3 Å². The topological polar surface area (TPSA) is 138 Å². The molecule has 55 heavy (non-hydrogen) atoms. The Hall–Kier alpha value is -4.99. The highest BCUT2D eigenvalue weighted by atomic mass is 35.5. The molecular formula is C39H41ClF4N6O5. The Morgan fingerprint density at radius 1 is 1.05 bits per heavy atom. The molecule has 1 amide bonds. The van der Waals surface area contributed by atoms with Crippen LogP contribution in [0, 0.1) is 5.82 Å². The fraction of sp³-hybridized carbons (Fsp3) is 0.385. The summed E-state index contributed by atoms with van der Waals surface area (Å²) in [4.78, 5) is 32.2. The van der Waals surface area contributed by atoms with E-state index >= 15 is 4.39 Å². The van der Waals surface area contributed by atoms with Crippen molar-refractivity contribution in [2.45, 2.75) is 63.5 Å². The smallest absolute Gasteiger partial charge is 0.437 e. The number of benzene rings is 3. The van der Waals surface area contributed by atoms with Gasteiger partial charge in [0, 0.05) is 55.3 Å². The molecule has 4 N–H and O–H groups in total. The van der Waals surface area contributed by atoms with Gasteiger partial charge >= 0.3 is 12.1 Å². The minimum atomic E-state index is -4.85. The summed E-state index contributed by atoms with van der Waals surface area (Å²) in [7, 11) is 4.32. The lowest BCUT2D eigenvalue weighted by Gasteiger charge is -2.22. The van der Waals surface area contributed by atoms with Crippen molar-refractivity contribution < 1.29 is 41.7 Å². The molecular weight excluding hydrogens is 744 g/mol. The maximum Gasteiger partial charge on any atom is 0.437 e. The third-order valence-corrected chi connectivity index (χ3v) is 10.3. The number of nitrogens with one attached hydrogen (secondary N) is 3. The van der Waals surface area contributed by atoms with Crippen molar-refractivity contribution in [1.29, 1.82) is 0 Å². The van der Waals surface area contributed by atoms with Gasteiger partial charge in [-0.15, -0.1) is 0 Å². The molecule has 1 saturated heterocycles. The number of nitrogens with zero attached hydrogens (tertiary/aromatic N) is 3. The Morgan fingerprint density at radius 3 is 2.49 bits per heavy atom. The van der Waals surface area contributed by atoms with Crippen LogP contribution in [0.1, 0.15) is 59.8 Å². The maximum atomic E-state index is 15.6. The molecule has 0 unspecified atom stereocenters. The van der Waals surface area contributed by atoms with Gasteiger partial charge in [-0.3, -0.25) is 14.5 Å². The number of carboxylic acids is 1. The zero-order valence-electron chi connectivity index (χ0n) is 30.4. The van der Waals surface area contributed by atoms with Gasteiger partial charge in [0.25, 0.3) is 0 Å². The van der Waals surface area contributed by atoms with Gasteiger partial charge in [0.15, 0.2) is 11.5 Å². The van der Waals surface area contributed by atoms with Crippen molar-refractivity contribution in [3.8, 4) is 33.9 Å². The number of hydrogen-bond donors (Lipinski definition) is 4. The van der Waals surface area contributed by atoms with Gasteiger partial charge in [-0.2, -0.15) is 18.2 Å². The molecule has 0 spiro atoms. The van der Waals surface area contributed by atoms with Gasteiger partial charge in [-0.05, 0) is 60.7 Å². The van der Waals surface area contributed by atoms with E-state index in [0.717, 1.165) is 23.1 Å². The second-order valence-corrected chi connectivity index (χ2v) is 14.0. The second kappa shape index (κ2) is 16.8. The predicted octanol–water partition coefficient (Wildman–Crippen LogP) is 7.01. The standard InChI is InChI=1S/C39H41ClF4N6O5/c1-50(15-14-34(52)53)20-31-38(55-3)49-37(36(47-31)39(42,43)44)48-30-12-11-25-24(7-5-8-26(25)30)27-9-4-6-23(35(27)40)21-16-29(41)28(32(17-21)54-2)19-45-18-22-10-13-33(51)46-22/h4-9,16-17,22,30,45H,10-15,18-20H2,1-3H3,(H,46,51)(H,48,49)(H,52,53)/t22-,30-/m0/s1. The highest BCUT2D eigenvalue weighted by molar-refractivity contribution is 6.36. The Labute approximate surface area is 320 Å². The van der Waals surface area contributed by atoms with E-state index in [1.54, 1.807) is 19.2 Å². The number of rotatable bonds is 15. The van der Waals surface area contributed by atoms with Crippen LogP contribution in [-0.2, 0) is 35.3 Å². The number of anilines is 1. The van der Waals surface area contributed by atoms with E-state index in [2.05, 4.69) is 25.9 Å². The van der Waals surface area contributed by atoms with E-state index < -0.39 is 35.5 Å². The summed E-state index contributed by atoms with van der Waals surface area (Å²) in [6, 6.07) is 13.6. The first-order valence-electron chi connectivity index (χ1n) is 17.7. The van der Waals surface area contributed by atoms with Crippen LogP contribution in [0.25, 0.3) is 22.3 Å². The number of carbonyl (C=O) groups is 2. The normalized spacial score (nSPS) is 16.6. The number of halogens is 5. The van der Waals surface area contributed by atoms with Crippen LogP contribution in [0.15, 0.2) is 48.5 Å². The maximum absolute atomic E-state index is 15.6. The third kappa shape index (κ3) is 8.95. The number of fused-ring (bicyclic) bond motifs is 1. The van der Waals surface area contributed by atoms with Crippen molar-refractivity contribution in [3.05, 3.63) is 87.4 Å². The fourth-order valence-corrected chi connectivity index (χ4v) is 7.48. The molecule has 0 bridgehead atoms. The molecule has 3 aromatic carbocycles. The average Bonchev–Trinajstić information content (AvgIpc) is 3.76. The van der Waals surface area contributed by atoms with Gasteiger partial charge in [0.1, 0.15) is 17.3 Å². The minimum absolute atomic E-state index is 0.00527. The summed E-state index contributed by atoms with van der Waals surface area (Å²) < 4.78 is 69.8. The van der Waals surface area contributed by atoms with Crippen LogP contribution in [0.2, 0.25) is 5.02 Å². The summed E-state index contributed by atoms with van der Waals surface area (Å²) in [6.45, 7) is 0.675. The molecule has 292 valence electrons. The number of amides is 1. The summed E-state index contributed by atoms with van der Waals surface area (Å²) in [5, 5.41) is 18.4. The zero-order valence-corrected chi connectivity index (χ0v) is 31.2. The summed E-state index contributed by atoms with van der Waals surface area (Å²) >= 11 is 7.08. The Kier molecular flexibility index (Phi) is 12.1. The number of aliphatic carboxylic acids is 1. The Bertz CT molecular complexity index is 2080. The monoisotopic (exact) mass is 784 g/mol. The zero-order chi connectivity index (χ0) is 39.4. The van der Waals surface area contributed by atoms with Crippen molar-refractivity contribution >= 4 is 29.3 Å². The average molecular weight is 785 g/mol. The largest absolute Gasteiger partial charge is 0.496 e. The third-order valence-electron chi connectivity index (χ3n) is 9.85. The Balaban J connectivity index is 1.26. The van der Waals surface area contributed by atoms with Crippen LogP contribution >= 0.6 is 11.6 Å². The Morgan fingerprint density at radius 2 is 1.80 bits per heavy atom. The minimum Gasteiger partial charge on any atom is -0.496 e. The molecule has 1 aromatic heterocycles. The van der Waals surface area contributed by atoms with Crippen LogP contribution in [0.4, 0.5) is 23.4 Å². The molecule has 0 radical (unpaired) electrons. The van der Waals surface area contributed by atoms with E-state index in [9.17, 15) is 22.8 Å². The number of hydrogen-bond acceptors (Lipinski definition) is 9. The fourth-order valence-electron chi connectivity index (χ4n) is 7.15. The number of methoxy groups -OCH3 is 2. The van der Waals surface area contributed by atoms with Crippen LogP contribution < -0.4 is 25.4 Å². The molecule has 0 saturated carbocycles. The number of carbonyl (C=O) groups excluding carboxylic acids is 1. The molecule has 2 atom stereocenters. The lowest BCUT2D eigenvalue weighted by molar-refractivity contribution is -0.141. The van der Waals surface area contributed by atoms with Crippen LogP contribution in [0.3, 0.4) is 0 Å². The van der Waals surface area contributed by atoms with Crippen molar-refractivity contribution in [2.75, 3.05) is 39.7 Å². The first kappa shape index (κ1) is 39.7. The number of ether oxygens (including phenoxy) is 2. The van der Waals surface area contributed by atoms with E-state index in [-0.39, 0.29) is 49.6 Å². The summed E-state index contributed by atoms with van der Waals surface area (Å²) in [5.41, 5.74) is 3.27. The van der Waals surface area contributed by atoms with Crippen molar-refractivity contribution in [3.63, 3.8) is 0 Å². The summed E-state index contributed by atoms with van der Waals surface area (Å²) in [6.07, 6.45) is -2.87. The first-order valence-corrected chi connectivity index (χ1v) is 18.1. The number of aromatic nitrogens is 2. The quantitative estimate of drug-likeness (QED) is 0.0932. The highest BCUT2D eigenvalue weighted by Crippen LogP contribution is 2.45. The van der Waals surface area contributed by atoms with Crippen LogP contribution in [-0.4, -0.2) is 72.2 Å². The van der Waals surface area contributed by atoms with Crippen molar-refractivity contribution in [1.82, 2.24) is 25.5 Å². The number of carboxylic acid groups (broad SMARTS) is 1. The molecule has 1 aliphatic heterocycles. The van der Waals surface area contributed by atoms with Gasteiger partial charge in [-0.1, -0.05) is 48.0 Å². The molecule has 11 nitrogen and oxygen atoms in total. The summed E-state index contributed by atoms with van der Waals surface area (Å²) in [5.74, 6) is -1.76. The van der Waals surface area contributed by atoms with Gasteiger partial charge in [-0.25, -0.2) is 9.37 Å². The van der Waals surface area contributed by atoms with Gasteiger partial charge in [0.05, 0.1) is 31.7 Å². The highest BCUT2D eigenvalue weighted by Gasteiger charge is 2.39. The first-order chi connectivity index (χ1) is 26.3. The lowest BCUT2D eigenvalue weighted by Crippen LogP contribution is -2.35. The molecule has 2 heterocycles.